The summed E-state index contributed by atoms with van der Waals surface area (Å²) in [5.41, 5.74) is 2.05. The van der Waals surface area contributed by atoms with Gasteiger partial charge in [0.15, 0.2) is 0 Å². The predicted molar refractivity (Wildman–Crippen MR) is 118 cm³/mol. The monoisotopic (exact) mass is 426 g/mol. The predicted octanol–water partition coefficient (Wildman–Crippen LogP) is 4.15. The molecule has 1 aliphatic rings. The van der Waals surface area contributed by atoms with Gasteiger partial charge in [-0.25, -0.2) is 4.98 Å². The van der Waals surface area contributed by atoms with Crippen molar-refractivity contribution in [1.82, 2.24) is 14.3 Å². The zero-order valence-electron chi connectivity index (χ0n) is 16.1. The first-order chi connectivity index (χ1) is 14.2. The molecule has 1 fully saturated rings. The molecule has 5 nitrogen and oxygen atoms in total. The minimum atomic E-state index is -0.637. The maximum atomic E-state index is 12.9. The molecule has 29 heavy (non-hydrogen) atoms. The largest absolute Gasteiger partial charge is 0.345 e. The highest BCUT2D eigenvalue weighted by Gasteiger charge is 2.26. The van der Waals surface area contributed by atoms with E-state index in [1.807, 2.05) is 53.4 Å². The van der Waals surface area contributed by atoms with E-state index in [2.05, 4.69) is 21.4 Å². The number of halogens is 1. The molecule has 3 aromatic rings. The van der Waals surface area contributed by atoms with Gasteiger partial charge < -0.3 is 9.80 Å². The average molecular weight is 427 g/mol. The molecular weight excluding hydrogens is 404 g/mol. The van der Waals surface area contributed by atoms with E-state index in [0.29, 0.717) is 13.1 Å². The molecule has 2 aromatic carbocycles. The number of nitrogens with zero attached hydrogens (tertiary/aromatic N) is 4. The van der Waals surface area contributed by atoms with Gasteiger partial charge in [0, 0.05) is 44.1 Å². The topological polar surface area (TPSA) is 49.3 Å². The van der Waals surface area contributed by atoms with Crippen molar-refractivity contribution >= 4 is 34.2 Å². The van der Waals surface area contributed by atoms with Gasteiger partial charge in [-0.05, 0) is 17.5 Å². The highest BCUT2D eigenvalue weighted by atomic mass is 35.5. The standard InChI is InChI=1S/C22H23ClN4OS/c23-20(18-10-5-2-6-11-18)21(28)26-12-7-13-27(15-14-26)22-24-19(25-29-22)16-17-8-3-1-4-9-17/h1-6,8-11,20H,7,12-16H2. The number of alkyl halides is 1. The molecule has 1 aromatic heterocycles. The van der Waals surface area contributed by atoms with Crippen LogP contribution in [0.1, 0.15) is 28.7 Å². The van der Waals surface area contributed by atoms with E-state index >= 15 is 0 Å². The van der Waals surface area contributed by atoms with Crippen molar-refractivity contribution in [2.24, 2.45) is 0 Å². The van der Waals surface area contributed by atoms with Crippen LogP contribution in [0.4, 0.5) is 5.13 Å². The quantitative estimate of drug-likeness (QED) is 0.575. The third-order valence-corrected chi connectivity index (χ3v) is 6.30. The molecule has 0 saturated carbocycles. The van der Waals surface area contributed by atoms with Gasteiger partial charge in [-0.2, -0.15) is 4.37 Å². The van der Waals surface area contributed by atoms with Crippen LogP contribution >= 0.6 is 23.1 Å². The maximum Gasteiger partial charge on any atom is 0.245 e. The van der Waals surface area contributed by atoms with Crippen molar-refractivity contribution in [3.63, 3.8) is 0 Å². The fraction of sp³-hybridized carbons (Fsp3) is 0.318. The summed E-state index contributed by atoms with van der Waals surface area (Å²) in [5.74, 6) is 0.819. The number of amides is 1. The van der Waals surface area contributed by atoms with Crippen LogP contribution in [-0.4, -0.2) is 46.3 Å². The van der Waals surface area contributed by atoms with Crippen LogP contribution in [-0.2, 0) is 11.2 Å². The molecule has 2 heterocycles. The second-order valence-electron chi connectivity index (χ2n) is 7.09. The van der Waals surface area contributed by atoms with Gasteiger partial charge in [-0.15, -0.1) is 11.6 Å². The smallest absolute Gasteiger partial charge is 0.245 e. The van der Waals surface area contributed by atoms with Crippen LogP contribution in [0.3, 0.4) is 0 Å². The van der Waals surface area contributed by atoms with Crippen molar-refractivity contribution < 1.29 is 4.79 Å². The highest BCUT2D eigenvalue weighted by Crippen LogP contribution is 2.25. The van der Waals surface area contributed by atoms with E-state index in [1.165, 1.54) is 17.1 Å². The Labute approximate surface area is 180 Å². The summed E-state index contributed by atoms with van der Waals surface area (Å²) in [4.78, 5) is 21.7. The molecule has 0 aliphatic carbocycles. The molecule has 0 bridgehead atoms. The number of hydrogen-bond acceptors (Lipinski definition) is 5. The Bertz CT molecular complexity index is 934. The maximum absolute atomic E-state index is 12.9. The molecule has 1 aliphatic heterocycles. The Kier molecular flexibility index (Phi) is 6.42. The van der Waals surface area contributed by atoms with Gasteiger partial charge in [-0.3, -0.25) is 4.79 Å². The Morgan fingerprint density at radius 2 is 1.72 bits per heavy atom. The summed E-state index contributed by atoms with van der Waals surface area (Å²) in [5, 5.41) is 0.289. The van der Waals surface area contributed by atoms with Gasteiger partial charge in [0.2, 0.25) is 11.0 Å². The van der Waals surface area contributed by atoms with Crippen LogP contribution in [0.25, 0.3) is 0 Å². The van der Waals surface area contributed by atoms with Crippen molar-refractivity contribution in [3.05, 3.63) is 77.6 Å². The summed E-state index contributed by atoms with van der Waals surface area (Å²) in [7, 11) is 0. The Hall–Kier alpha value is -2.44. The molecule has 1 saturated heterocycles. The molecular formula is C22H23ClN4OS. The minimum absolute atomic E-state index is 0.0262. The number of aromatic nitrogens is 2. The lowest BCUT2D eigenvalue weighted by atomic mass is 10.1. The van der Waals surface area contributed by atoms with Crippen LogP contribution in [0.5, 0.6) is 0 Å². The second-order valence-corrected chi connectivity index (χ2v) is 8.26. The van der Waals surface area contributed by atoms with Crippen molar-refractivity contribution in [2.45, 2.75) is 18.2 Å². The first kappa shape index (κ1) is 19.9. The fourth-order valence-electron chi connectivity index (χ4n) is 3.48. The number of anilines is 1. The van der Waals surface area contributed by atoms with Crippen molar-refractivity contribution in [1.29, 1.82) is 0 Å². The molecule has 7 heteroatoms. The molecule has 0 radical (unpaired) electrons. The lowest BCUT2D eigenvalue weighted by Gasteiger charge is -2.23. The van der Waals surface area contributed by atoms with E-state index < -0.39 is 5.38 Å². The highest BCUT2D eigenvalue weighted by molar-refractivity contribution is 7.09. The zero-order chi connectivity index (χ0) is 20.1. The van der Waals surface area contributed by atoms with E-state index in [1.54, 1.807) is 0 Å². The third kappa shape index (κ3) is 4.95. The Morgan fingerprint density at radius 1 is 1.00 bits per heavy atom. The van der Waals surface area contributed by atoms with Crippen LogP contribution in [0, 0.1) is 0 Å². The lowest BCUT2D eigenvalue weighted by molar-refractivity contribution is -0.130. The van der Waals surface area contributed by atoms with Crippen molar-refractivity contribution in [2.75, 3.05) is 31.1 Å². The molecule has 150 valence electrons. The normalized spacial score (nSPS) is 15.8. The SMILES string of the molecule is O=C(C(Cl)c1ccccc1)N1CCCN(c2nc(Cc3ccccc3)ns2)CC1. The third-order valence-electron chi connectivity index (χ3n) is 5.05. The van der Waals surface area contributed by atoms with E-state index in [-0.39, 0.29) is 5.91 Å². The summed E-state index contributed by atoms with van der Waals surface area (Å²) in [6.07, 6.45) is 1.62. The number of hydrogen-bond donors (Lipinski definition) is 0. The van der Waals surface area contributed by atoms with Gasteiger partial charge in [0.1, 0.15) is 11.2 Å². The molecule has 4 rings (SSSR count). The van der Waals surface area contributed by atoms with Crippen LogP contribution in [0.15, 0.2) is 60.7 Å². The number of carbonyl (C=O) groups is 1. The molecule has 0 spiro atoms. The number of carbonyl (C=O) groups excluding carboxylic acids is 1. The summed E-state index contributed by atoms with van der Waals surface area (Å²) >= 11 is 7.88. The Balaban J connectivity index is 1.37. The first-order valence-corrected chi connectivity index (χ1v) is 11.0. The fourth-order valence-corrected chi connectivity index (χ4v) is 4.50. The zero-order valence-corrected chi connectivity index (χ0v) is 17.6. The van der Waals surface area contributed by atoms with Gasteiger partial charge in [-0.1, -0.05) is 60.7 Å². The number of benzene rings is 2. The lowest BCUT2D eigenvalue weighted by Crippen LogP contribution is -2.37. The van der Waals surface area contributed by atoms with Gasteiger partial charge in [0.05, 0.1) is 0 Å². The van der Waals surface area contributed by atoms with Gasteiger partial charge in [0.25, 0.3) is 0 Å². The Morgan fingerprint density at radius 3 is 2.48 bits per heavy atom. The average Bonchev–Trinajstić information content (AvgIpc) is 3.09. The van der Waals surface area contributed by atoms with Crippen LogP contribution in [0.2, 0.25) is 0 Å². The molecule has 0 N–H and O–H groups in total. The van der Waals surface area contributed by atoms with Gasteiger partial charge >= 0.3 is 0 Å². The van der Waals surface area contributed by atoms with E-state index in [0.717, 1.165) is 42.5 Å². The molecule has 1 unspecified atom stereocenters. The first-order valence-electron chi connectivity index (χ1n) is 9.80. The second kappa shape index (κ2) is 9.37. The summed E-state index contributed by atoms with van der Waals surface area (Å²) < 4.78 is 4.53. The summed E-state index contributed by atoms with van der Waals surface area (Å²) in [6.45, 7) is 2.95. The minimum Gasteiger partial charge on any atom is -0.345 e. The van der Waals surface area contributed by atoms with Crippen molar-refractivity contribution in [3.8, 4) is 0 Å². The molecule has 1 atom stereocenters. The number of rotatable bonds is 5. The van der Waals surface area contributed by atoms with E-state index in [9.17, 15) is 4.79 Å². The summed E-state index contributed by atoms with van der Waals surface area (Å²) in [6, 6.07) is 19.8. The van der Waals surface area contributed by atoms with E-state index in [4.69, 9.17) is 16.6 Å². The molecule has 1 amide bonds. The van der Waals surface area contributed by atoms with Crippen LogP contribution < -0.4 is 4.90 Å².